The van der Waals surface area contributed by atoms with E-state index in [9.17, 15) is 14.7 Å². The molecule has 3 aliphatic heterocycles. The van der Waals surface area contributed by atoms with Crippen LogP contribution in [0.3, 0.4) is 0 Å². The molecule has 3 aromatic rings. The van der Waals surface area contributed by atoms with Crippen molar-refractivity contribution < 1.29 is 19.0 Å². The van der Waals surface area contributed by atoms with E-state index in [0.717, 1.165) is 50.7 Å². The van der Waals surface area contributed by atoms with Crippen LogP contribution in [0.5, 0.6) is 0 Å². The normalized spacial score (nSPS) is 24.9. The average molecular weight is 593 g/mol. The number of amides is 1. The number of piperidine rings is 2. The molecule has 3 fully saturated rings. The third-order valence-electron chi connectivity index (χ3n) is 9.37. The van der Waals surface area contributed by atoms with Crippen molar-refractivity contribution in [2.75, 3.05) is 38.2 Å². The van der Waals surface area contributed by atoms with Crippen molar-refractivity contribution in [2.24, 2.45) is 5.41 Å². The minimum absolute atomic E-state index is 0.0197. The topological polar surface area (TPSA) is 122 Å². The van der Waals surface area contributed by atoms with Gasteiger partial charge in [0.05, 0.1) is 35.9 Å². The highest BCUT2D eigenvalue weighted by Gasteiger charge is 2.43. The molecule has 11 heteroatoms. The lowest BCUT2D eigenvalue weighted by Gasteiger charge is -2.44. The number of fused-ring (bicyclic) bond motifs is 1. The van der Waals surface area contributed by atoms with Crippen LogP contribution in [0.2, 0.25) is 0 Å². The third kappa shape index (κ3) is 5.65. The number of likely N-dealkylation sites (tertiary alicyclic amines) is 1. The van der Waals surface area contributed by atoms with E-state index in [4.69, 9.17) is 4.74 Å². The van der Waals surface area contributed by atoms with Gasteiger partial charge < -0.3 is 25.0 Å². The maximum atomic E-state index is 15.2. The van der Waals surface area contributed by atoms with Crippen LogP contribution < -0.4 is 16.1 Å². The van der Waals surface area contributed by atoms with Crippen molar-refractivity contribution >= 4 is 22.8 Å². The summed E-state index contributed by atoms with van der Waals surface area (Å²) in [5, 5.41) is 17.0. The van der Waals surface area contributed by atoms with Crippen LogP contribution in [0.4, 0.5) is 10.3 Å². The number of benzene rings is 1. The van der Waals surface area contributed by atoms with E-state index >= 15 is 4.39 Å². The van der Waals surface area contributed by atoms with Crippen molar-refractivity contribution in [3.8, 4) is 11.3 Å². The quantitative estimate of drug-likeness (QED) is 0.398. The molecule has 0 aliphatic carbocycles. The molecule has 3 atom stereocenters. The molecule has 1 aromatic carbocycles. The maximum Gasteiger partial charge on any atom is 0.227 e. The summed E-state index contributed by atoms with van der Waals surface area (Å²) < 4.78 is 22.7. The molecule has 3 saturated heterocycles. The Morgan fingerprint density at radius 3 is 2.84 bits per heavy atom. The number of aliphatic hydroxyl groups is 1. The second-order valence-electron chi connectivity index (χ2n) is 12.6. The van der Waals surface area contributed by atoms with Gasteiger partial charge in [0.25, 0.3) is 0 Å². The molecule has 0 unspecified atom stereocenters. The van der Waals surface area contributed by atoms with Gasteiger partial charge in [-0.05, 0) is 71.6 Å². The van der Waals surface area contributed by atoms with E-state index in [2.05, 4.69) is 43.9 Å². The first-order chi connectivity index (χ1) is 20.7. The first-order valence-electron chi connectivity index (χ1n) is 15.4. The predicted octanol–water partition coefficient (Wildman–Crippen LogP) is 3.54. The van der Waals surface area contributed by atoms with Crippen LogP contribution in [-0.4, -0.2) is 75.4 Å². The lowest BCUT2D eigenvalue weighted by Crippen LogP contribution is -2.54. The second-order valence-corrected chi connectivity index (χ2v) is 12.6. The molecular formula is C32H41FN6O4. The summed E-state index contributed by atoms with van der Waals surface area (Å²) in [6, 6.07) is 5.04. The Morgan fingerprint density at radius 2 is 2.07 bits per heavy atom. The number of anilines is 1. The highest BCUT2D eigenvalue weighted by Crippen LogP contribution is 2.38. The molecule has 2 aromatic heterocycles. The lowest BCUT2D eigenvalue weighted by atomic mass is 9.73. The number of nitrogens with one attached hydrogen (secondary N) is 2. The number of ether oxygens (including phenoxy) is 1. The van der Waals surface area contributed by atoms with Gasteiger partial charge in [-0.25, -0.2) is 14.4 Å². The fourth-order valence-electron chi connectivity index (χ4n) is 7.10. The van der Waals surface area contributed by atoms with Crippen molar-refractivity contribution in [3.63, 3.8) is 0 Å². The van der Waals surface area contributed by atoms with Crippen LogP contribution in [0, 0.1) is 18.2 Å². The summed E-state index contributed by atoms with van der Waals surface area (Å²) in [5.74, 6) is -0.205. The molecule has 1 amide bonds. The molecule has 6 rings (SSSR count). The Hall–Kier alpha value is -3.41. The Labute approximate surface area is 250 Å². The number of halogens is 1. The van der Waals surface area contributed by atoms with Crippen molar-refractivity contribution in [2.45, 2.75) is 77.6 Å². The smallest absolute Gasteiger partial charge is 0.227 e. The van der Waals surface area contributed by atoms with Gasteiger partial charge in [-0.2, -0.15) is 0 Å². The minimum Gasteiger partial charge on any atom is -0.389 e. The monoisotopic (exact) mass is 592 g/mol. The lowest BCUT2D eigenvalue weighted by molar-refractivity contribution is -0.137. The number of pyridine rings is 1. The summed E-state index contributed by atoms with van der Waals surface area (Å²) in [6.07, 6.45) is 4.70. The molecule has 0 radical (unpaired) electrons. The van der Waals surface area contributed by atoms with E-state index in [0.29, 0.717) is 48.1 Å². The zero-order valence-electron chi connectivity index (χ0n) is 25.2. The molecule has 230 valence electrons. The number of aliphatic hydroxyl groups excluding tert-OH is 1. The van der Waals surface area contributed by atoms with E-state index in [1.165, 1.54) is 0 Å². The van der Waals surface area contributed by atoms with Crippen LogP contribution >= 0.6 is 0 Å². The molecule has 3 aliphatic rings. The highest BCUT2D eigenvalue weighted by atomic mass is 19.1. The fraction of sp³-hybridized carbons (Fsp3) is 0.562. The van der Waals surface area contributed by atoms with Gasteiger partial charge >= 0.3 is 0 Å². The van der Waals surface area contributed by atoms with Crippen molar-refractivity contribution in [1.82, 2.24) is 24.8 Å². The van der Waals surface area contributed by atoms with Gasteiger partial charge in [-0.3, -0.25) is 14.5 Å². The third-order valence-corrected chi connectivity index (χ3v) is 9.37. The molecule has 0 bridgehead atoms. The van der Waals surface area contributed by atoms with Crippen LogP contribution in [0.1, 0.15) is 63.3 Å². The van der Waals surface area contributed by atoms with E-state index in [-0.39, 0.29) is 47.1 Å². The SMILES string of the molecule is Cc1c(CN2CCC[C@@]3(CCCNC3=O)C2)n(C(C)C)c2cc(-c3nc(N[C@@H]4CCOC[C@H]4O)ncc3F)ccc2c1=O. The van der Waals surface area contributed by atoms with Crippen molar-refractivity contribution in [1.29, 1.82) is 0 Å². The van der Waals surface area contributed by atoms with Gasteiger partial charge in [0.15, 0.2) is 11.2 Å². The number of rotatable bonds is 6. The molecule has 1 spiro atoms. The largest absolute Gasteiger partial charge is 0.389 e. The Morgan fingerprint density at radius 1 is 1.26 bits per heavy atom. The van der Waals surface area contributed by atoms with Crippen LogP contribution in [0.25, 0.3) is 22.2 Å². The van der Waals surface area contributed by atoms with Crippen LogP contribution in [-0.2, 0) is 16.1 Å². The summed E-state index contributed by atoms with van der Waals surface area (Å²) in [6.45, 7) is 9.60. The van der Waals surface area contributed by atoms with Gasteiger partial charge in [-0.1, -0.05) is 6.07 Å². The number of carbonyl (C=O) groups excluding carboxylic acids is 1. The number of nitrogens with zero attached hydrogens (tertiary/aromatic N) is 4. The van der Waals surface area contributed by atoms with Crippen LogP contribution in [0.15, 0.2) is 29.2 Å². The standard InChI is InChI=1S/C32H41FN6O4/c1-19(2)39-25-14-21(28-23(33)15-35-31(37-28)36-24-8-13-43-17-27(24)40)6-7-22(25)29(41)20(3)26(39)16-38-12-5-10-32(18-38)9-4-11-34-30(32)42/h6-7,14-15,19,24,27,40H,4-5,8-13,16-18H2,1-3H3,(H,34,42)(H,35,36,37)/t24-,27-,32+/m1/s1. The number of hydrogen-bond donors (Lipinski definition) is 3. The first-order valence-corrected chi connectivity index (χ1v) is 15.4. The number of aromatic nitrogens is 3. The summed E-state index contributed by atoms with van der Waals surface area (Å²) in [5.41, 5.74) is 2.55. The van der Waals surface area contributed by atoms with Gasteiger partial charge in [0.2, 0.25) is 11.9 Å². The maximum absolute atomic E-state index is 15.2. The Bertz CT molecular complexity index is 1590. The average Bonchev–Trinajstić information content (AvgIpc) is 2.99. The summed E-state index contributed by atoms with van der Waals surface area (Å²) in [7, 11) is 0. The van der Waals surface area contributed by atoms with E-state index in [1.807, 2.05) is 13.0 Å². The van der Waals surface area contributed by atoms with Gasteiger partial charge in [0.1, 0.15) is 5.69 Å². The summed E-state index contributed by atoms with van der Waals surface area (Å²) in [4.78, 5) is 37.5. The molecule has 43 heavy (non-hydrogen) atoms. The minimum atomic E-state index is -0.712. The Kier molecular flexibility index (Phi) is 8.23. The van der Waals surface area contributed by atoms with Crippen molar-refractivity contribution in [3.05, 3.63) is 51.7 Å². The predicted molar refractivity (Wildman–Crippen MR) is 162 cm³/mol. The van der Waals surface area contributed by atoms with E-state index in [1.54, 1.807) is 12.1 Å². The zero-order valence-corrected chi connectivity index (χ0v) is 25.2. The molecule has 3 N–H and O–H groups in total. The Balaban J connectivity index is 1.38. The summed E-state index contributed by atoms with van der Waals surface area (Å²) >= 11 is 0. The molecule has 10 nitrogen and oxygen atoms in total. The zero-order chi connectivity index (χ0) is 30.3. The first kappa shape index (κ1) is 29.7. The highest BCUT2D eigenvalue weighted by molar-refractivity contribution is 5.85. The number of hydrogen-bond acceptors (Lipinski definition) is 8. The second kappa shape index (κ2) is 11.9. The van der Waals surface area contributed by atoms with Gasteiger partial charge in [0, 0.05) is 54.5 Å². The molecule has 5 heterocycles. The van der Waals surface area contributed by atoms with Gasteiger partial charge in [-0.15, -0.1) is 0 Å². The number of carbonyl (C=O) groups is 1. The van der Waals surface area contributed by atoms with E-state index < -0.39 is 11.9 Å². The fourth-order valence-corrected chi connectivity index (χ4v) is 7.10. The molecule has 0 saturated carbocycles. The molecular weight excluding hydrogens is 551 g/mol.